The average molecular weight is 545 g/mol. The van der Waals surface area contributed by atoms with Gasteiger partial charge in [-0.3, -0.25) is 9.35 Å². The SMILES string of the molecule is Cc1c(C)c(C)c(C(=O)OC23CC4CC(C2)CC(C(=O)OCC(F)(F)S(=O)(=O)O)(C4)C3)c(C(=O)O)c1C. The van der Waals surface area contributed by atoms with E-state index in [1.807, 2.05) is 0 Å². The fourth-order valence-corrected chi connectivity index (χ4v) is 7.20. The molecule has 1 aromatic carbocycles. The van der Waals surface area contributed by atoms with Crippen LogP contribution in [0.15, 0.2) is 0 Å². The van der Waals surface area contributed by atoms with Crippen molar-refractivity contribution in [3.8, 4) is 0 Å². The molecule has 4 saturated carbocycles. The second-order valence-electron chi connectivity index (χ2n) is 11.1. The average Bonchev–Trinajstić information content (AvgIpc) is 2.75. The largest absolute Gasteiger partial charge is 0.478 e. The molecule has 0 amide bonds. The zero-order chi connectivity index (χ0) is 27.7. The number of rotatable bonds is 7. The van der Waals surface area contributed by atoms with Gasteiger partial charge >= 0.3 is 33.3 Å². The Labute approximate surface area is 213 Å². The van der Waals surface area contributed by atoms with Gasteiger partial charge in [-0.25, -0.2) is 9.59 Å². The zero-order valence-corrected chi connectivity index (χ0v) is 21.8. The number of benzene rings is 1. The molecule has 2 atom stereocenters. The molecule has 2 unspecified atom stereocenters. The molecule has 0 aliphatic heterocycles. The summed E-state index contributed by atoms with van der Waals surface area (Å²) in [6, 6.07) is 0. The summed E-state index contributed by atoms with van der Waals surface area (Å²) in [4.78, 5) is 38.7. The Hall–Kier alpha value is -2.60. The lowest BCUT2D eigenvalue weighted by molar-refractivity contribution is -0.200. The fourth-order valence-electron chi connectivity index (χ4n) is 7.00. The Morgan fingerprint density at radius 2 is 1.46 bits per heavy atom. The lowest BCUT2D eigenvalue weighted by atomic mass is 9.48. The number of ether oxygens (including phenoxy) is 2. The highest BCUT2D eigenvalue weighted by Gasteiger charge is 2.63. The molecule has 4 bridgehead atoms. The van der Waals surface area contributed by atoms with Crippen LogP contribution in [0.5, 0.6) is 0 Å². The first-order valence-corrected chi connectivity index (χ1v) is 13.4. The van der Waals surface area contributed by atoms with Gasteiger partial charge < -0.3 is 14.6 Å². The third kappa shape index (κ3) is 4.52. The van der Waals surface area contributed by atoms with Crippen LogP contribution in [0, 0.1) is 44.9 Å². The summed E-state index contributed by atoms with van der Waals surface area (Å²) >= 11 is 0. The van der Waals surface area contributed by atoms with Crippen molar-refractivity contribution in [2.75, 3.05) is 6.61 Å². The minimum atomic E-state index is -5.77. The van der Waals surface area contributed by atoms with Crippen LogP contribution in [-0.4, -0.2) is 53.4 Å². The van der Waals surface area contributed by atoms with E-state index in [0.717, 1.165) is 17.5 Å². The first kappa shape index (κ1) is 27.4. The Morgan fingerprint density at radius 3 is 1.95 bits per heavy atom. The smallest absolute Gasteiger partial charge is 0.402 e. The summed E-state index contributed by atoms with van der Waals surface area (Å²) in [5, 5.41) is 5.22. The van der Waals surface area contributed by atoms with Gasteiger partial charge in [0.1, 0.15) is 5.60 Å². The molecule has 4 aliphatic rings. The summed E-state index contributed by atoms with van der Waals surface area (Å²) in [5.41, 5.74) is -0.0938. The van der Waals surface area contributed by atoms with Crippen molar-refractivity contribution < 1.29 is 50.7 Å². The maximum atomic E-state index is 13.7. The third-order valence-corrected chi connectivity index (χ3v) is 9.48. The highest BCUT2D eigenvalue weighted by Crippen LogP contribution is 2.63. The van der Waals surface area contributed by atoms with Gasteiger partial charge in [0.25, 0.3) is 0 Å². The number of carbonyl (C=O) groups is 3. The number of carboxylic acids is 1. The highest BCUT2D eigenvalue weighted by atomic mass is 32.2. The van der Waals surface area contributed by atoms with E-state index in [4.69, 9.17) is 14.0 Å². The van der Waals surface area contributed by atoms with E-state index in [0.29, 0.717) is 36.8 Å². The molecule has 0 spiro atoms. The van der Waals surface area contributed by atoms with Crippen LogP contribution < -0.4 is 0 Å². The van der Waals surface area contributed by atoms with Crippen LogP contribution in [-0.2, 0) is 24.4 Å². The zero-order valence-electron chi connectivity index (χ0n) is 21.0. The molecule has 37 heavy (non-hydrogen) atoms. The highest BCUT2D eigenvalue weighted by molar-refractivity contribution is 7.86. The van der Waals surface area contributed by atoms with Crippen LogP contribution in [0.25, 0.3) is 0 Å². The van der Waals surface area contributed by atoms with Crippen LogP contribution in [0.4, 0.5) is 8.78 Å². The molecule has 4 aliphatic carbocycles. The molecule has 2 N–H and O–H groups in total. The first-order chi connectivity index (χ1) is 16.9. The third-order valence-electron chi connectivity index (χ3n) is 8.60. The summed E-state index contributed by atoms with van der Waals surface area (Å²) in [5.74, 6) is -3.20. The molecule has 0 aromatic heterocycles. The standard InChI is InChI=1S/C25H30F2O9S/c1-12-13(2)15(4)19(18(14(12)3)20(28)29)21(30)36-24-8-16-5-17(9-24)7-23(6-16,10-24)22(31)35-11-25(26,27)37(32,33)34/h16-17H,5-11H2,1-4H3,(H,28,29)(H,32,33,34). The molecule has 0 radical (unpaired) electrons. The molecule has 1 aromatic rings. The van der Waals surface area contributed by atoms with Crippen molar-refractivity contribution in [1.82, 2.24) is 0 Å². The summed E-state index contributed by atoms with van der Waals surface area (Å²) in [6.07, 6.45) is 2.29. The van der Waals surface area contributed by atoms with Gasteiger partial charge in [-0.2, -0.15) is 17.2 Å². The van der Waals surface area contributed by atoms with Crippen molar-refractivity contribution in [3.05, 3.63) is 33.4 Å². The second kappa shape index (κ2) is 8.72. The van der Waals surface area contributed by atoms with Gasteiger partial charge in [0, 0.05) is 6.42 Å². The minimum absolute atomic E-state index is 0.000295. The summed E-state index contributed by atoms with van der Waals surface area (Å²) < 4.78 is 68.7. The lowest BCUT2D eigenvalue weighted by Crippen LogP contribution is -2.60. The van der Waals surface area contributed by atoms with Gasteiger partial charge in [0.15, 0.2) is 6.61 Å². The molecule has 12 heteroatoms. The van der Waals surface area contributed by atoms with Crippen LogP contribution in [0.2, 0.25) is 0 Å². The fraction of sp³-hybridized carbons (Fsp3) is 0.640. The molecule has 9 nitrogen and oxygen atoms in total. The monoisotopic (exact) mass is 544 g/mol. The number of carboxylic acid groups (broad SMARTS) is 1. The second-order valence-corrected chi connectivity index (χ2v) is 12.6. The van der Waals surface area contributed by atoms with E-state index >= 15 is 0 Å². The topological polar surface area (TPSA) is 144 Å². The van der Waals surface area contributed by atoms with Crippen molar-refractivity contribution >= 4 is 28.0 Å². The quantitative estimate of drug-likeness (QED) is 0.382. The number of carbonyl (C=O) groups excluding carboxylic acids is 2. The van der Waals surface area contributed by atoms with E-state index < -0.39 is 50.9 Å². The van der Waals surface area contributed by atoms with Crippen molar-refractivity contribution in [1.29, 1.82) is 0 Å². The molecular formula is C25H30F2O9S. The van der Waals surface area contributed by atoms with Crippen molar-refractivity contribution in [3.63, 3.8) is 0 Å². The minimum Gasteiger partial charge on any atom is -0.478 e. The van der Waals surface area contributed by atoms with Crippen LogP contribution >= 0.6 is 0 Å². The lowest BCUT2D eigenvalue weighted by Gasteiger charge is -2.59. The van der Waals surface area contributed by atoms with E-state index in [-0.39, 0.29) is 29.4 Å². The molecule has 5 rings (SSSR count). The molecule has 0 saturated heterocycles. The Kier molecular flexibility index (Phi) is 6.47. The van der Waals surface area contributed by atoms with E-state index in [2.05, 4.69) is 0 Å². The Morgan fingerprint density at radius 1 is 0.946 bits per heavy atom. The van der Waals surface area contributed by atoms with E-state index in [9.17, 15) is 36.7 Å². The van der Waals surface area contributed by atoms with Gasteiger partial charge in [0.05, 0.1) is 16.5 Å². The van der Waals surface area contributed by atoms with Crippen molar-refractivity contribution in [2.45, 2.75) is 77.1 Å². The number of hydrogen-bond acceptors (Lipinski definition) is 7. The molecule has 204 valence electrons. The molecule has 4 fully saturated rings. The Bertz CT molecular complexity index is 1290. The molecule has 0 heterocycles. The maximum absolute atomic E-state index is 13.7. The number of halogens is 2. The number of hydrogen-bond donors (Lipinski definition) is 2. The first-order valence-electron chi connectivity index (χ1n) is 12.0. The predicted octanol–water partition coefficient (Wildman–Crippen LogP) is 4.14. The van der Waals surface area contributed by atoms with E-state index in [1.165, 1.54) is 0 Å². The number of alkyl halides is 2. The van der Waals surface area contributed by atoms with Crippen LogP contribution in [0.1, 0.15) is 81.5 Å². The van der Waals surface area contributed by atoms with Gasteiger partial charge in [-0.05, 0) is 93.9 Å². The van der Waals surface area contributed by atoms with Gasteiger partial charge in [-0.1, -0.05) is 0 Å². The van der Waals surface area contributed by atoms with Crippen LogP contribution in [0.3, 0.4) is 0 Å². The van der Waals surface area contributed by atoms with Crippen molar-refractivity contribution in [2.24, 2.45) is 17.3 Å². The Balaban J connectivity index is 1.64. The maximum Gasteiger partial charge on any atom is 0.402 e. The predicted molar refractivity (Wildman–Crippen MR) is 125 cm³/mol. The van der Waals surface area contributed by atoms with Gasteiger partial charge in [-0.15, -0.1) is 0 Å². The summed E-state index contributed by atoms with van der Waals surface area (Å²) in [7, 11) is -5.77. The van der Waals surface area contributed by atoms with E-state index in [1.54, 1.807) is 27.7 Å². The summed E-state index contributed by atoms with van der Waals surface area (Å²) in [6.45, 7) is 5.02. The number of esters is 2. The van der Waals surface area contributed by atoms with Gasteiger partial charge in [0.2, 0.25) is 0 Å². The molecular weight excluding hydrogens is 514 g/mol. The normalized spacial score (nSPS) is 28.7. The number of aromatic carboxylic acids is 1.